The highest BCUT2D eigenvalue weighted by atomic mass is 16.5. The molecule has 0 unspecified atom stereocenters. The molecule has 1 aliphatic rings. The standard InChI is InChI=1S/C26H31N3O4/c1-28(2)21-7-3-6-20(16-21)24-17-23(33-27-24)8-5-15-32-22-12-10-19(11-13-22)18-29-14-4-9-25(29)26(30)31/h3,6-7,10-13,16-17,25H,4-5,8-9,14-15,18H2,1-2H3,(H,30,31)/t25-/m1/s1. The van der Waals surface area contributed by atoms with E-state index in [2.05, 4.69) is 22.2 Å². The average molecular weight is 450 g/mol. The zero-order valence-electron chi connectivity index (χ0n) is 19.2. The van der Waals surface area contributed by atoms with Crippen LogP contribution in [0.15, 0.2) is 59.1 Å². The van der Waals surface area contributed by atoms with Gasteiger partial charge in [0, 0.05) is 44.4 Å². The van der Waals surface area contributed by atoms with E-state index < -0.39 is 5.97 Å². The second-order valence-corrected chi connectivity index (χ2v) is 8.69. The smallest absolute Gasteiger partial charge is 0.320 e. The van der Waals surface area contributed by atoms with E-state index in [-0.39, 0.29) is 6.04 Å². The molecule has 0 amide bonds. The highest BCUT2D eigenvalue weighted by Gasteiger charge is 2.30. The molecule has 2 heterocycles. The van der Waals surface area contributed by atoms with Crippen molar-refractivity contribution in [3.8, 4) is 17.0 Å². The van der Waals surface area contributed by atoms with E-state index in [0.717, 1.165) is 66.2 Å². The van der Waals surface area contributed by atoms with Gasteiger partial charge in [-0.25, -0.2) is 0 Å². The zero-order chi connectivity index (χ0) is 23.2. The maximum Gasteiger partial charge on any atom is 0.320 e. The van der Waals surface area contributed by atoms with Gasteiger partial charge in [-0.05, 0) is 55.6 Å². The monoisotopic (exact) mass is 449 g/mol. The summed E-state index contributed by atoms with van der Waals surface area (Å²) in [5, 5.41) is 13.5. The second kappa shape index (κ2) is 10.5. The minimum atomic E-state index is -0.728. The molecule has 1 atom stereocenters. The largest absolute Gasteiger partial charge is 0.494 e. The van der Waals surface area contributed by atoms with Crippen molar-refractivity contribution in [2.45, 2.75) is 38.3 Å². The number of likely N-dealkylation sites (tertiary alicyclic amines) is 1. The maximum atomic E-state index is 11.3. The lowest BCUT2D eigenvalue weighted by Crippen LogP contribution is -2.35. The Labute approximate surface area is 194 Å². The summed E-state index contributed by atoms with van der Waals surface area (Å²) < 4.78 is 11.4. The van der Waals surface area contributed by atoms with E-state index in [0.29, 0.717) is 13.2 Å². The molecule has 0 radical (unpaired) electrons. The molecule has 1 saturated heterocycles. The van der Waals surface area contributed by atoms with Crippen LogP contribution in [0.2, 0.25) is 0 Å². The molecule has 7 nitrogen and oxygen atoms in total. The van der Waals surface area contributed by atoms with Gasteiger partial charge < -0.3 is 19.3 Å². The molecule has 2 aromatic carbocycles. The van der Waals surface area contributed by atoms with Gasteiger partial charge in [-0.15, -0.1) is 0 Å². The Morgan fingerprint density at radius 3 is 2.79 bits per heavy atom. The highest BCUT2D eigenvalue weighted by molar-refractivity contribution is 5.73. The molecule has 1 aliphatic heterocycles. The van der Waals surface area contributed by atoms with Gasteiger partial charge in [0.2, 0.25) is 0 Å². The van der Waals surface area contributed by atoms with Crippen molar-refractivity contribution in [1.82, 2.24) is 10.1 Å². The Hall–Kier alpha value is -3.32. The van der Waals surface area contributed by atoms with Crippen LogP contribution in [-0.2, 0) is 17.8 Å². The number of rotatable bonds is 10. The third kappa shape index (κ3) is 5.93. The van der Waals surface area contributed by atoms with Crippen LogP contribution in [0.1, 0.15) is 30.6 Å². The van der Waals surface area contributed by atoms with E-state index in [4.69, 9.17) is 9.26 Å². The molecular weight excluding hydrogens is 418 g/mol. The van der Waals surface area contributed by atoms with Gasteiger partial charge in [-0.1, -0.05) is 29.4 Å². The number of aryl methyl sites for hydroxylation is 1. The number of benzene rings is 2. The SMILES string of the molecule is CN(C)c1cccc(-c2cc(CCCOc3ccc(CN4CCC[C@@H]4C(=O)O)cc3)on2)c1. The van der Waals surface area contributed by atoms with Crippen LogP contribution in [-0.4, -0.2) is 54.4 Å². The fourth-order valence-corrected chi connectivity index (χ4v) is 4.17. The minimum absolute atomic E-state index is 0.366. The predicted octanol–water partition coefficient (Wildman–Crippen LogP) is 4.47. The highest BCUT2D eigenvalue weighted by Crippen LogP contribution is 2.24. The first-order valence-electron chi connectivity index (χ1n) is 11.4. The van der Waals surface area contributed by atoms with Gasteiger partial charge in [0.25, 0.3) is 0 Å². The Kier molecular flexibility index (Phi) is 7.29. The first kappa shape index (κ1) is 22.9. The summed E-state index contributed by atoms with van der Waals surface area (Å²) in [6, 6.07) is 17.8. The van der Waals surface area contributed by atoms with Crippen molar-refractivity contribution in [3.05, 3.63) is 65.9 Å². The second-order valence-electron chi connectivity index (χ2n) is 8.69. The zero-order valence-corrected chi connectivity index (χ0v) is 19.2. The summed E-state index contributed by atoms with van der Waals surface area (Å²) in [4.78, 5) is 15.4. The van der Waals surface area contributed by atoms with Crippen LogP contribution in [0, 0.1) is 0 Å². The van der Waals surface area contributed by atoms with E-state index in [1.54, 1.807) is 0 Å². The first-order chi connectivity index (χ1) is 16.0. The molecule has 0 spiro atoms. The van der Waals surface area contributed by atoms with E-state index in [9.17, 15) is 9.90 Å². The Morgan fingerprint density at radius 1 is 1.21 bits per heavy atom. The lowest BCUT2D eigenvalue weighted by Gasteiger charge is -2.21. The normalized spacial score (nSPS) is 16.1. The number of nitrogens with zero attached hydrogens (tertiary/aromatic N) is 3. The van der Waals surface area contributed by atoms with Crippen molar-refractivity contribution >= 4 is 11.7 Å². The summed E-state index contributed by atoms with van der Waals surface area (Å²) in [6.07, 6.45) is 3.24. The maximum absolute atomic E-state index is 11.3. The van der Waals surface area contributed by atoms with Crippen molar-refractivity contribution in [2.24, 2.45) is 0 Å². The van der Waals surface area contributed by atoms with Gasteiger partial charge in [0.05, 0.1) is 6.61 Å². The molecule has 0 bridgehead atoms. The lowest BCUT2D eigenvalue weighted by molar-refractivity contribution is -0.142. The van der Waals surface area contributed by atoms with Crippen LogP contribution in [0.5, 0.6) is 5.75 Å². The van der Waals surface area contributed by atoms with Crippen molar-refractivity contribution in [2.75, 3.05) is 32.1 Å². The number of carbonyl (C=O) groups is 1. The number of aliphatic carboxylic acids is 1. The molecule has 1 aromatic heterocycles. The molecule has 0 aliphatic carbocycles. The summed E-state index contributed by atoms with van der Waals surface area (Å²) in [5.74, 6) is 0.930. The fraction of sp³-hybridized carbons (Fsp3) is 0.385. The van der Waals surface area contributed by atoms with E-state index in [1.807, 2.05) is 61.5 Å². The van der Waals surface area contributed by atoms with Crippen LogP contribution >= 0.6 is 0 Å². The molecule has 7 heteroatoms. The topological polar surface area (TPSA) is 79.0 Å². The van der Waals surface area contributed by atoms with E-state index in [1.165, 1.54) is 0 Å². The number of hydrogen-bond acceptors (Lipinski definition) is 6. The Bertz CT molecular complexity index is 1060. The van der Waals surface area contributed by atoms with Crippen LogP contribution in [0.4, 0.5) is 5.69 Å². The number of hydrogen-bond donors (Lipinski definition) is 1. The third-order valence-corrected chi connectivity index (χ3v) is 6.01. The number of ether oxygens (including phenoxy) is 1. The molecule has 4 rings (SSSR count). The van der Waals surface area contributed by atoms with Gasteiger partial charge >= 0.3 is 5.97 Å². The summed E-state index contributed by atoms with van der Waals surface area (Å²) in [7, 11) is 4.03. The van der Waals surface area contributed by atoms with Crippen molar-refractivity contribution in [1.29, 1.82) is 0 Å². The fourth-order valence-electron chi connectivity index (χ4n) is 4.17. The lowest BCUT2D eigenvalue weighted by atomic mass is 10.1. The van der Waals surface area contributed by atoms with Gasteiger partial charge in [-0.3, -0.25) is 9.69 Å². The van der Waals surface area contributed by atoms with Crippen LogP contribution < -0.4 is 9.64 Å². The molecule has 0 saturated carbocycles. The number of carboxylic acid groups (broad SMARTS) is 1. The van der Waals surface area contributed by atoms with Gasteiger partial charge in [-0.2, -0.15) is 0 Å². The molecular formula is C26H31N3O4. The summed E-state index contributed by atoms with van der Waals surface area (Å²) in [6.45, 7) is 2.07. The Balaban J connectivity index is 1.23. The van der Waals surface area contributed by atoms with Crippen LogP contribution in [0.3, 0.4) is 0 Å². The van der Waals surface area contributed by atoms with Gasteiger partial charge in [0.15, 0.2) is 0 Å². The van der Waals surface area contributed by atoms with Gasteiger partial charge in [0.1, 0.15) is 23.2 Å². The quantitative estimate of drug-likeness (QED) is 0.458. The van der Waals surface area contributed by atoms with Crippen LogP contribution in [0.25, 0.3) is 11.3 Å². The Morgan fingerprint density at radius 2 is 2.03 bits per heavy atom. The average Bonchev–Trinajstić information content (AvgIpc) is 3.48. The third-order valence-electron chi connectivity index (χ3n) is 6.01. The minimum Gasteiger partial charge on any atom is -0.494 e. The van der Waals surface area contributed by atoms with E-state index >= 15 is 0 Å². The summed E-state index contributed by atoms with van der Waals surface area (Å²) >= 11 is 0. The number of aromatic nitrogens is 1. The molecule has 3 aromatic rings. The van der Waals surface area contributed by atoms with Crippen molar-refractivity contribution in [3.63, 3.8) is 0 Å². The first-order valence-corrected chi connectivity index (χ1v) is 11.4. The predicted molar refractivity (Wildman–Crippen MR) is 128 cm³/mol. The molecule has 174 valence electrons. The molecule has 1 N–H and O–H groups in total. The molecule has 33 heavy (non-hydrogen) atoms. The van der Waals surface area contributed by atoms with Crippen molar-refractivity contribution < 1.29 is 19.2 Å². The number of anilines is 1. The summed E-state index contributed by atoms with van der Waals surface area (Å²) in [5.41, 5.74) is 4.10. The number of carboxylic acids is 1. The molecule has 1 fully saturated rings.